The number of methoxy groups -OCH3 is 3. The van der Waals surface area contributed by atoms with Crippen LogP contribution in [0.3, 0.4) is 0 Å². The van der Waals surface area contributed by atoms with Gasteiger partial charge < -0.3 is 19.2 Å². The summed E-state index contributed by atoms with van der Waals surface area (Å²) in [4.78, 5) is 17.6. The highest BCUT2D eigenvalue weighted by Crippen LogP contribution is 2.67. The molecular formula is C30H33NO4. The second-order valence-corrected chi connectivity index (χ2v) is 10.1. The number of H-pyrrole nitrogens is 1. The zero-order chi connectivity index (χ0) is 25.1. The van der Waals surface area contributed by atoms with Crippen molar-refractivity contribution < 1.29 is 19.0 Å². The van der Waals surface area contributed by atoms with E-state index in [0.29, 0.717) is 22.8 Å². The van der Waals surface area contributed by atoms with Crippen LogP contribution in [0, 0.1) is 18.3 Å². The molecule has 5 rings (SSSR count). The van der Waals surface area contributed by atoms with E-state index in [4.69, 9.17) is 14.2 Å². The first-order chi connectivity index (χ1) is 16.8. The molecule has 0 amide bonds. The summed E-state index contributed by atoms with van der Waals surface area (Å²) in [6.07, 6.45) is 0.947. The maximum Gasteiger partial charge on any atom is 0.203 e. The van der Waals surface area contributed by atoms with Crippen LogP contribution in [0.4, 0.5) is 0 Å². The summed E-state index contributed by atoms with van der Waals surface area (Å²) in [5, 5.41) is 2.46. The van der Waals surface area contributed by atoms with Gasteiger partial charge in [0.1, 0.15) is 0 Å². The van der Waals surface area contributed by atoms with Gasteiger partial charge >= 0.3 is 0 Å². The summed E-state index contributed by atoms with van der Waals surface area (Å²) in [5.41, 5.74) is 6.58. The Kier molecular flexibility index (Phi) is 5.54. The number of carbonyl (C=O) groups excluding carboxylic acids is 1. The molecule has 182 valence electrons. The minimum Gasteiger partial charge on any atom is -0.493 e. The normalized spacial score (nSPS) is 18.6. The maximum absolute atomic E-state index is 13.9. The van der Waals surface area contributed by atoms with E-state index >= 15 is 0 Å². The Balaban J connectivity index is 1.66. The number of benzene rings is 3. The highest BCUT2D eigenvalue weighted by Gasteiger charge is 2.62. The van der Waals surface area contributed by atoms with Crippen molar-refractivity contribution in [3.63, 3.8) is 0 Å². The van der Waals surface area contributed by atoms with Gasteiger partial charge in [0, 0.05) is 39.2 Å². The van der Waals surface area contributed by atoms with Crippen LogP contribution in [-0.2, 0) is 6.42 Å². The fourth-order valence-corrected chi connectivity index (χ4v) is 5.97. The largest absolute Gasteiger partial charge is 0.493 e. The van der Waals surface area contributed by atoms with Gasteiger partial charge in [-0.1, -0.05) is 45.0 Å². The third kappa shape index (κ3) is 3.40. The summed E-state index contributed by atoms with van der Waals surface area (Å²) in [6.45, 7) is 8.78. The van der Waals surface area contributed by atoms with Crippen molar-refractivity contribution in [3.8, 4) is 17.2 Å². The average Bonchev–Trinajstić information content (AvgIpc) is 3.23. The monoisotopic (exact) mass is 471 g/mol. The second kappa shape index (κ2) is 8.33. The molecular weight excluding hydrogens is 438 g/mol. The number of aryl methyl sites for hydroxylation is 2. The van der Waals surface area contributed by atoms with Crippen molar-refractivity contribution in [2.24, 2.45) is 11.3 Å². The van der Waals surface area contributed by atoms with E-state index < -0.39 is 0 Å². The van der Waals surface area contributed by atoms with Crippen molar-refractivity contribution in [2.75, 3.05) is 21.3 Å². The van der Waals surface area contributed by atoms with Crippen molar-refractivity contribution in [1.82, 2.24) is 4.98 Å². The van der Waals surface area contributed by atoms with Crippen molar-refractivity contribution in [3.05, 3.63) is 64.7 Å². The van der Waals surface area contributed by atoms with E-state index in [1.165, 1.54) is 33.0 Å². The third-order valence-electron chi connectivity index (χ3n) is 7.96. The van der Waals surface area contributed by atoms with Gasteiger partial charge in [-0.2, -0.15) is 0 Å². The van der Waals surface area contributed by atoms with Gasteiger partial charge in [0.25, 0.3) is 0 Å². The van der Waals surface area contributed by atoms with Crippen LogP contribution in [0.1, 0.15) is 53.7 Å². The number of hydrogen-bond acceptors (Lipinski definition) is 4. The maximum atomic E-state index is 13.9. The molecule has 0 aliphatic heterocycles. The van der Waals surface area contributed by atoms with Gasteiger partial charge in [0.05, 0.1) is 21.3 Å². The number of ether oxygens (including phenoxy) is 3. The van der Waals surface area contributed by atoms with Gasteiger partial charge in [-0.25, -0.2) is 0 Å². The second-order valence-electron chi connectivity index (χ2n) is 10.1. The number of carbonyl (C=O) groups is 1. The summed E-state index contributed by atoms with van der Waals surface area (Å²) < 4.78 is 16.5. The number of nitrogens with one attached hydrogen (secondary N) is 1. The van der Waals surface area contributed by atoms with Crippen LogP contribution in [0.5, 0.6) is 17.2 Å². The molecule has 0 saturated heterocycles. The van der Waals surface area contributed by atoms with Gasteiger partial charge in [-0.15, -0.1) is 0 Å². The fraction of sp³-hybridized carbons (Fsp3) is 0.367. The van der Waals surface area contributed by atoms with Crippen molar-refractivity contribution in [2.45, 2.75) is 40.0 Å². The average molecular weight is 472 g/mol. The number of ketones is 1. The van der Waals surface area contributed by atoms with Crippen LogP contribution in [0.2, 0.25) is 0 Å². The topological polar surface area (TPSA) is 60.6 Å². The minimum absolute atomic E-state index is 0.103. The number of para-hydroxylation sites is 1. The summed E-state index contributed by atoms with van der Waals surface area (Å²) in [5.74, 6) is 1.55. The Labute approximate surface area is 206 Å². The number of fused-ring (bicyclic) bond motifs is 3. The van der Waals surface area contributed by atoms with Crippen LogP contribution in [0.15, 0.2) is 42.5 Å². The van der Waals surface area contributed by atoms with Crippen LogP contribution < -0.4 is 14.2 Å². The molecule has 5 nitrogen and oxygen atoms in total. The van der Waals surface area contributed by atoms with Crippen LogP contribution >= 0.6 is 0 Å². The molecule has 4 aromatic rings. The Hall–Kier alpha value is -3.47. The summed E-state index contributed by atoms with van der Waals surface area (Å²) >= 11 is 0. The smallest absolute Gasteiger partial charge is 0.203 e. The zero-order valence-corrected chi connectivity index (χ0v) is 21.5. The number of rotatable bonds is 7. The molecule has 1 saturated carbocycles. The molecule has 0 bridgehead atoms. The molecule has 1 heterocycles. The molecule has 1 fully saturated rings. The molecule has 1 aliphatic carbocycles. The molecule has 0 radical (unpaired) electrons. The lowest BCUT2D eigenvalue weighted by Gasteiger charge is -2.14. The fourth-order valence-electron chi connectivity index (χ4n) is 5.97. The molecule has 5 heteroatoms. The standard InChI is InChI=1S/C30H33NO4/c1-8-17-13-20(24-19-11-9-10-12-21(19)31-27(24)16(17)2)25-26(30(25,3)4)28(32)18-14-22(33-5)29(35-7)23(15-18)34-6/h9-15,25-26,31H,8H2,1-7H3. The molecule has 3 aromatic carbocycles. The first kappa shape index (κ1) is 23.3. The predicted molar refractivity (Wildman–Crippen MR) is 140 cm³/mol. The lowest BCUT2D eigenvalue weighted by molar-refractivity contribution is 0.0951. The Morgan fingerprint density at radius 1 is 1.00 bits per heavy atom. The van der Waals surface area contributed by atoms with E-state index in [0.717, 1.165) is 11.9 Å². The lowest BCUT2D eigenvalue weighted by atomic mass is 9.92. The number of aromatic nitrogens is 1. The molecule has 0 spiro atoms. The number of Topliss-reactive ketones (excluding diaryl/α,β-unsaturated/α-hetero) is 1. The predicted octanol–water partition coefficient (Wildman–Crippen LogP) is 6.84. The number of hydrogen-bond donors (Lipinski definition) is 1. The van der Waals surface area contributed by atoms with Crippen molar-refractivity contribution >= 4 is 27.6 Å². The molecule has 1 aromatic heterocycles. The minimum atomic E-state index is -0.178. The molecule has 35 heavy (non-hydrogen) atoms. The summed E-state index contributed by atoms with van der Waals surface area (Å²) in [7, 11) is 4.71. The van der Waals surface area contributed by atoms with Gasteiger partial charge in [0.2, 0.25) is 5.75 Å². The van der Waals surface area contributed by atoms with Crippen molar-refractivity contribution in [1.29, 1.82) is 0 Å². The van der Waals surface area contributed by atoms with E-state index in [9.17, 15) is 4.79 Å². The first-order valence-corrected chi connectivity index (χ1v) is 12.1. The Morgan fingerprint density at radius 2 is 1.66 bits per heavy atom. The molecule has 2 unspecified atom stereocenters. The highest BCUT2D eigenvalue weighted by molar-refractivity contribution is 6.11. The van der Waals surface area contributed by atoms with E-state index in [1.807, 2.05) is 0 Å². The third-order valence-corrected chi connectivity index (χ3v) is 7.96. The van der Waals surface area contributed by atoms with E-state index in [1.54, 1.807) is 33.5 Å². The van der Waals surface area contributed by atoms with Gasteiger partial charge in [-0.05, 0) is 53.6 Å². The zero-order valence-electron chi connectivity index (χ0n) is 21.5. The van der Waals surface area contributed by atoms with Gasteiger partial charge in [-0.3, -0.25) is 4.79 Å². The SMILES string of the molecule is CCc1cc(C2C(C(=O)c3cc(OC)c(OC)c(OC)c3)C2(C)C)c2c([nH]c3ccccc32)c1C. The van der Waals surface area contributed by atoms with Crippen LogP contribution in [0.25, 0.3) is 21.8 Å². The highest BCUT2D eigenvalue weighted by atomic mass is 16.5. The lowest BCUT2D eigenvalue weighted by Crippen LogP contribution is -2.08. The van der Waals surface area contributed by atoms with Crippen LogP contribution in [-0.4, -0.2) is 32.1 Å². The van der Waals surface area contributed by atoms with E-state index in [-0.39, 0.29) is 23.0 Å². The first-order valence-electron chi connectivity index (χ1n) is 12.1. The Morgan fingerprint density at radius 3 is 2.26 bits per heavy atom. The summed E-state index contributed by atoms with van der Waals surface area (Å²) in [6, 6.07) is 14.3. The quantitative estimate of drug-likeness (QED) is 0.300. The van der Waals surface area contributed by atoms with E-state index in [2.05, 4.69) is 63.0 Å². The number of aromatic amines is 1. The molecule has 2 atom stereocenters. The molecule has 1 aliphatic rings. The Bertz CT molecular complexity index is 1440. The molecule has 1 N–H and O–H groups in total. The van der Waals surface area contributed by atoms with Gasteiger partial charge in [0.15, 0.2) is 17.3 Å².